The molecule has 0 fully saturated rings. The summed E-state index contributed by atoms with van der Waals surface area (Å²) in [6, 6.07) is 1.87. The van der Waals surface area contributed by atoms with Gasteiger partial charge in [-0.25, -0.2) is 4.68 Å². The molecule has 0 aliphatic carbocycles. The van der Waals surface area contributed by atoms with Crippen LogP contribution >= 0.6 is 11.8 Å². The summed E-state index contributed by atoms with van der Waals surface area (Å²) in [5, 5.41) is 12.9. The molecule has 1 amide bonds. The third-order valence-electron chi connectivity index (χ3n) is 3.13. The summed E-state index contributed by atoms with van der Waals surface area (Å²) >= 11 is 0.742. The van der Waals surface area contributed by atoms with Gasteiger partial charge < -0.3 is 9.47 Å². The molecule has 1 aromatic heterocycles. The van der Waals surface area contributed by atoms with Crippen molar-refractivity contribution in [1.82, 2.24) is 20.2 Å². The van der Waals surface area contributed by atoms with Crippen molar-refractivity contribution < 1.29 is 27.4 Å². The Balaban J connectivity index is 2.00. The van der Waals surface area contributed by atoms with Gasteiger partial charge in [-0.15, -0.1) is 0 Å². The zero-order valence-corrected chi connectivity index (χ0v) is 13.1. The Morgan fingerprint density at radius 3 is 2.79 bits per heavy atom. The number of alkyl halides is 3. The van der Waals surface area contributed by atoms with E-state index < -0.39 is 23.3 Å². The van der Waals surface area contributed by atoms with Crippen molar-refractivity contribution in [1.29, 1.82) is 0 Å². The first-order valence-electron chi connectivity index (χ1n) is 6.45. The molecule has 0 bridgehead atoms. The number of carbonyl (C=O) groups is 1. The van der Waals surface area contributed by atoms with Crippen LogP contribution in [0.5, 0.6) is 5.75 Å². The van der Waals surface area contributed by atoms with Crippen LogP contribution in [0.25, 0.3) is 0 Å². The van der Waals surface area contributed by atoms with Gasteiger partial charge in [0.15, 0.2) is 5.75 Å². The number of fused-ring (bicyclic) bond motifs is 1. The number of benzene rings is 1. The maximum absolute atomic E-state index is 13.1. The molecule has 0 spiro atoms. The Hall–Kier alpha value is -2.34. The molecule has 3 rings (SSSR count). The summed E-state index contributed by atoms with van der Waals surface area (Å²) in [7, 11) is 2.79. The topological polar surface area (TPSA) is 91.2 Å². The number of tetrazole rings is 1. The van der Waals surface area contributed by atoms with Crippen LogP contribution in [-0.4, -0.2) is 38.8 Å². The van der Waals surface area contributed by atoms with Crippen molar-refractivity contribution in [3.63, 3.8) is 0 Å². The van der Waals surface area contributed by atoms with Gasteiger partial charge in [-0.3, -0.25) is 10.1 Å². The lowest BCUT2D eigenvalue weighted by atomic mass is 10.1. The van der Waals surface area contributed by atoms with Crippen LogP contribution in [0.3, 0.4) is 0 Å². The number of nitrogens with zero attached hydrogens (tertiary/aromatic N) is 4. The second kappa shape index (κ2) is 5.94. The number of rotatable bonds is 3. The van der Waals surface area contributed by atoms with Gasteiger partial charge in [-0.05, 0) is 34.3 Å². The average molecular weight is 361 g/mol. The monoisotopic (exact) mass is 361 g/mol. The van der Waals surface area contributed by atoms with E-state index in [9.17, 15) is 18.0 Å². The van der Waals surface area contributed by atoms with Crippen LogP contribution in [0.2, 0.25) is 0 Å². The van der Waals surface area contributed by atoms with Gasteiger partial charge in [0.05, 0.1) is 16.0 Å². The second-order valence-corrected chi connectivity index (χ2v) is 5.69. The molecule has 1 unspecified atom stereocenters. The number of aryl methyl sites for hydroxylation is 1. The van der Waals surface area contributed by atoms with Crippen molar-refractivity contribution in [2.75, 3.05) is 12.4 Å². The van der Waals surface area contributed by atoms with Crippen LogP contribution in [-0.2, 0) is 18.0 Å². The number of hydrogen-bond acceptors (Lipinski definition) is 7. The Morgan fingerprint density at radius 1 is 1.46 bits per heavy atom. The Labute approximate surface area is 137 Å². The number of ether oxygens (including phenoxy) is 2. The van der Waals surface area contributed by atoms with E-state index in [1.165, 1.54) is 18.8 Å². The first-order valence-corrected chi connectivity index (χ1v) is 7.33. The lowest BCUT2D eigenvalue weighted by Gasteiger charge is -2.12. The van der Waals surface area contributed by atoms with Gasteiger partial charge in [0, 0.05) is 14.2 Å². The van der Waals surface area contributed by atoms with Crippen LogP contribution < -0.4 is 10.1 Å². The SMILES string of the molecule is COC1Oc2c(C(=O)Nc3nnnn3C)ccc(C(F)(F)F)c2S1. The van der Waals surface area contributed by atoms with Gasteiger partial charge in [0.25, 0.3) is 11.5 Å². The second-order valence-electron chi connectivity index (χ2n) is 4.66. The van der Waals surface area contributed by atoms with Crippen LogP contribution in [0, 0.1) is 0 Å². The molecule has 0 saturated heterocycles. The predicted octanol–water partition coefficient (Wildman–Crippen LogP) is 1.90. The third kappa shape index (κ3) is 2.89. The van der Waals surface area contributed by atoms with E-state index in [2.05, 4.69) is 20.8 Å². The summed E-state index contributed by atoms with van der Waals surface area (Å²) < 4.78 is 50.8. The molecule has 1 atom stereocenters. The van der Waals surface area contributed by atoms with Gasteiger partial charge in [0.1, 0.15) is 0 Å². The number of methoxy groups -OCH3 is 1. The average Bonchev–Trinajstić information content (AvgIpc) is 3.11. The van der Waals surface area contributed by atoms with E-state index in [1.54, 1.807) is 0 Å². The van der Waals surface area contributed by atoms with Crippen molar-refractivity contribution in [2.45, 2.75) is 16.7 Å². The van der Waals surface area contributed by atoms with Gasteiger partial charge in [-0.1, -0.05) is 5.10 Å². The molecule has 0 saturated carbocycles. The molecule has 2 heterocycles. The van der Waals surface area contributed by atoms with E-state index in [0.29, 0.717) is 0 Å². The molecule has 24 heavy (non-hydrogen) atoms. The third-order valence-corrected chi connectivity index (χ3v) is 4.25. The van der Waals surface area contributed by atoms with E-state index in [0.717, 1.165) is 23.9 Å². The first-order chi connectivity index (χ1) is 11.3. The highest BCUT2D eigenvalue weighted by molar-refractivity contribution is 8.00. The lowest BCUT2D eigenvalue weighted by Crippen LogP contribution is -2.18. The molecule has 1 aliphatic rings. The van der Waals surface area contributed by atoms with Crippen molar-refractivity contribution in [2.24, 2.45) is 7.05 Å². The number of aromatic nitrogens is 4. The molecule has 12 heteroatoms. The molecule has 1 aromatic carbocycles. The zero-order valence-electron chi connectivity index (χ0n) is 12.3. The molecule has 0 radical (unpaired) electrons. The van der Waals surface area contributed by atoms with Crippen LogP contribution in [0.15, 0.2) is 17.0 Å². The summed E-state index contributed by atoms with van der Waals surface area (Å²) in [4.78, 5) is 12.2. The Morgan fingerprint density at radius 2 is 2.21 bits per heavy atom. The summed E-state index contributed by atoms with van der Waals surface area (Å²) in [5.41, 5.74) is -1.93. The van der Waals surface area contributed by atoms with Gasteiger partial charge >= 0.3 is 6.18 Å². The van der Waals surface area contributed by atoms with E-state index in [1.807, 2.05) is 0 Å². The zero-order chi connectivity index (χ0) is 17.5. The highest BCUT2D eigenvalue weighted by Crippen LogP contribution is 2.49. The largest absolute Gasteiger partial charge is 0.453 e. The molecule has 2 aromatic rings. The maximum Gasteiger partial charge on any atom is 0.417 e. The summed E-state index contributed by atoms with van der Waals surface area (Å²) in [6.45, 7) is 0. The van der Waals surface area contributed by atoms with Crippen LogP contribution in [0.1, 0.15) is 15.9 Å². The van der Waals surface area contributed by atoms with E-state index in [4.69, 9.17) is 9.47 Å². The molecule has 1 aliphatic heterocycles. The number of halogens is 3. The summed E-state index contributed by atoms with van der Waals surface area (Å²) in [5.74, 6) is -0.841. The van der Waals surface area contributed by atoms with Gasteiger partial charge in [0.2, 0.25) is 5.95 Å². The highest BCUT2D eigenvalue weighted by atomic mass is 32.2. The van der Waals surface area contributed by atoms with E-state index >= 15 is 0 Å². The quantitative estimate of drug-likeness (QED) is 0.893. The smallest absolute Gasteiger partial charge is 0.417 e. The summed E-state index contributed by atoms with van der Waals surface area (Å²) in [6.07, 6.45) is -4.58. The normalized spacial score (nSPS) is 16.6. The molecule has 8 nitrogen and oxygen atoms in total. The number of nitrogens with one attached hydrogen (secondary N) is 1. The minimum absolute atomic E-state index is 0.0441. The number of carbonyl (C=O) groups excluding carboxylic acids is 1. The van der Waals surface area contributed by atoms with Crippen molar-refractivity contribution in [3.8, 4) is 5.75 Å². The fourth-order valence-corrected chi connectivity index (χ4v) is 3.02. The fourth-order valence-electron chi connectivity index (χ4n) is 2.02. The number of anilines is 1. The molecule has 128 valence electrons. The number of thioether (sulfide) groups is 1. The minimum atomic E-state index is -4.58. The molecule has 1 N–H and O–H groups in total. The number of hydrogen-bond donors (Lipinski definition) is 1. The van der Waals surface area contributed by atoms with Crippen molar-refractivity contribution in [3.05, 3.63) is 23.3 Å². The predicted molar refractivity (Wildman–Crippen MR) is 75.5 cm³/mol. The van der Waals surface area contributed by atoms with Gasteiger partial charge in [-0.2, -0.15) is 13.2 Å². The van der Waals surface area contributed by atoms with Crippen molar-refractivity contribution >= 4 is 23.6 Å². The lowest BCUT2D eigenvalue weighted by molar-refractivity contribution is -0.139. The highest BCUT2D eigenvalue weighted by Gasteiger charge is 2.41. The number of amides is 1. The Bertz CT molecular complexity index is 795. The standard InChI is InChI=1S/C12H10F3N5O3S/c1-20-10(17-18-19-20)16-9(21)5-3-4-6(12(13,14)15)8-7(5)23-11(22-2)24-8/h3-4,11H,1-2H3,(H,16,17,19,21). The molecular weight excluding hydrogens is 351 g/mol. The maximum atomic E-state index is 13.1. The Kier molecular flexibility index (Phi) is 4.09. The molecular formula is C12H10F3N5O3S. The minimum Gasteiger partial charge on any atom is -0.453 e. The fraction of sp³-hybridized carbons (Fsp3) is 0.333. The van der Waals surface area contributed by atoms with Crippen LogP contribution in [0.4, 0.5) is 19.1 Å². The first kappa shape index (κ1) is 16.5. The van der Waals surface area contributed by atoms with E-state index in [-0.39, 0.29) is 22.2 Å².